The van der Waals surface area contributed by atoms with Crippen LogP contribution in [0.1, 0.15) is 21.9 Å². The lowest BCUT2D eigenvalue weighted by molar-refractivity contribution is 0.0994. The number of aryl methyl sites for hydroxylation is 1. The second kappa shape index (κ2) is 6.53. The van der Waals surface area contributed by atoms with E-state index in [4.69, 9.17) is 15.0 Å². The van der Waals surface area contributed by atoms with Crippen LogP contribution in [0.4, 0.5) is 0 Å². The summed E-state index contributed by atoms with van der Waals surface area (Å²) in [6, 6.07) is 13.3. The molecule has 134 valence electrons. The maximum absolute atomic E-state index is 11.4. The molecule has 27 heavy (non-hydrogen) atoms. The van der Waals surface area contributed by atoms with Crippen molar-refractivity contribution in [3.8, 4) is 22.9 Å². The van der Waals surface area contributed by atoms with Crippen LogP contribution in [0.2, 0.25) is 0 Å². The summed E-state index contributed by atoms with van der Waals surface area (Å²) in [6.45, 7) is 3.51. The minimum atomic E-state index is -0.583. The predicted molar refractivity (Wildman–Crippen MR) is 99.5 cm³/mol. The van der Waals surface area contributed by atoms with Gasteiger partial charge in [-0.1, -0.05) is 23.4 Å². The Morgan fingerprint density at radius 1 is 1.07 bits per heavy atom. The Hall–Kier alpha value is -3.74. The van der Waals surface area contributed by atoms with Crippen molar-refractivity contribution in [1.82, 2.24) is 15.1 Å². The molecule has 0 saturated heterocycles. The Labute approximate surface area is 154 Å². The van der Waals surface area contributed by atoms with E-state index in [1.807, 2.05) is 36.4 Å². The summed E-state index contributed by atoms with van der Waals surface area (Å²) in [5, 5.41) is 5.96. The van der Waals surface area contributed by atoms with E-state index >= 15 is 0 Å². The summed E-state index contributed by atoms with van der Waals surface area (Å²) in [5.74, 6) is 1.69. The van der Waals surface area contributed by atoms with Crippen LogP contribution >= 0.6 is 0 Å². The lowest BCUT2D eigenvalue weighted by Crippen LogP contribution is -2.15. The fraction of sp³-hybridized carbons (Fsp3) is 0.100. The summed E-state index contributed by atoms with van der Waals surface area (Å²) in [6.07, 6.45) is 1.50. The van der Waals surface area contributed by atoms with Gasteiger partial charge in [-0.3, -0.25) is 9.78 Å². The number of carbonyl (C=O) groups is 1. The number of aromatic nitrogens is 3. The molecule has 0 radical (unpaired) electrons. The topological polar surface area (TPSA) is 104 Å². The van der Waals surface area contributed by atoms with Crippen LogP contribution in [0, 0.1) is 13.8 Å². The quantitative estimate of drug-likeness (QED) is 0.594. The molecule has 0 bridgehead atoms. The molecule has 0 saturated carbocycles. The van der Waals surface area contributed by atoms with E-state index in [2.05, 4.69) is 15.1 Å². The van der Waals surface area contributed by atoms with Crippen molar-refractivity contribution in [2.45, 2.75) is 13.8 Å². The number of hydrogen-bond acceptors (Lipinski definition) is 6. The number of primary amides is 1. The molecule has 7 heteroatoms. The highest BCUT2D eigenvalue weighted by molar-refractivity contribution is 5.93. The zero-order valence-corrected chi connectivity index (χ0v) is 14.8. The minimum absolute atomic E-state index is 0.202. The number of hydrogen-bond donors (Lipinski definition) is 1. The van der Waals surface area contributed by atoms with Crippen molar-refractivity contribution >= 4 is 16.7 Å². The van der Waals surface area contributed by atoms with E-state index in [9.17, 15) is 4.79 Å². The molecule has 0 unspecified atom stereocenters. The first-order valence-corrected chi connectivity index (χ1v) is 8.29. The van der Waals surface area contributed by atoms with Crippen LogP contribution in [-0.2, 0) is 0 Å². The second-order valence-electron chi connectivity index (χ2n) is 6.11. The second-order valence-corrected chi connectivity index (χ2v) is 6.11. The predicted octanol–water partition coefficient (Wildman–Crippen LogP) is 3.79. The number of rotatable bonds is 4. The molecule has 0 spiro atoms. The average molecular weight is 360 g/mol. The van der Waals surface area contributed by atoms with Gasteiger partial charge < -0.3 is 15.0 Å². The highest BCUT2D eigenvalue weighted by Gasteiger charge is 2.12. The molecule has 7 nitrogen and oxygen atoms in total. The average Bonchev–Trinajstić information content (AvgIpc) is 3.09. The van der Waals surface area contributed by atoms with Gasteiger partial charge in [0, 0.05) is 24.2 Å². The SMILES string of the molecule is Cc1nc(-c2ccc3cc(Oc4ccnc(C(N)=O)c4C)ccc3c2)no1. The van der Waals surface area contributed by atoms with E-state index in [1.54, 1.807) is 19.9 Å². The minimum Gasteiger partial charge on any atom is -0.457 e. The van der Waals surface area contributed by atoms with Gasteiger partial charge in [-0.05, 0) is 42.0 Å². The molecule has 2 aromatic heterocycles. The Balaban J connectivity index is 1.66. The van der Waals surface area contributed by atoms with Crippen LogP contribution in [-0.4, -0.2) is 21.0 Å². The molecule has 0 atom stereocenters. The molecule has 0 fully saturated rings. The highest BCUT2D eigenvalue weighted by Crippen LogP contribution is 2.30. The molecule has 0 aliphatic rings. The Morgan fingerprint density at radius 3 is 2.59 bits per heavy atom. The molecule has 2 N–H and O–H groups in total. The monoisotopic (exact) mass is 360 g/mol. The van der Waals surface area contributed by atoms with Crippen LogP contribution in [0.15, 0.2) is 53.2 Å². The number of ether oxygens (including phenoxy) is 1. The van der Waals surface area contributed by atoms with Gasteiger partial charge in [0.15, 0.2) is 0 Å². The van der Waals surface area contributed by atoms with Gasteiger partial charge in [0.1, 0.15) is 17.2 Å². The number of nitrogens with zero attached hydrogens (tertiary/aromatic N) is 3. The third kappa shape index (κ3) is 3.22. The van der Waals surface area contributed by atoms with Gasteiger partial charge in [-0.2, -0.15) is 4.98 Å². The zero-order valence-electron chi connectivity index (χ0n) is 14.8. The van der Waals surface area contributed by atoms with Gasteiger partial charge in [-0.15, -0.1) is 0 Å². The molecule has 2 aromatic carbocycles. The number of carbonyl (C=O) groups excluding carboxylic acids is 1. The normalized spacial score (nSPS) is 10.9. The van der Waals surface area contributed by atoms with Crippen molar-refractivity contribution in [3.63, 3.8) is 0 Å². The highest BCUT2D eigenvalue weighted by atomic mass is 16.5. The van der Waals surface area contributed by atoms with Crippen molar-refractivity contribution in [2.75, 3.05) is 0 Å². The molecule has 2 heterocycles. The first-order chi connectivity index (χ1) is 13.0. The third-order valence-corrected chi connectivity index (χ3v) is 4.21. The Morgan fingerprint density at radius 2 is 1.85 bits per heavy atom. The van der Waals surface area contributed by atoms with E-state index < -0.39 is 5.91 Å². The molecular weight excluding hydrogens is 344 g/mol. The van der Waals surface area contributed by atoms with Crippen molar-refractivity contribution in [2.24, 2.45) is 5.73 Å². The first-order valence-electron chi connectivity index (χ1n) is 8.29. The zero-order chi connectivity index (χ0) is 19.0. The first kappa shape index (κ1) is 16.7. The largest absolute Gasteiger partial charge is 0.457 e. The van der Waals surface area contributed by atoms with Gasteiger partial charge in [0.25, 0.3) is 5.91 Å². The molecular formula is C20H16N4O3. The third-order valence-electron chi connectivity index (χ3n) is 4.21. The van der Waals surface area contributed by atoms with Crippen molar-refractivity contribution in [3.05, 3.63) is 65.8 Å². The van der Waals surface area contributed by atoms with E-state index in [0.29, 0.717) is 28.8 Å². The molecule has 4 aromatic rings. The Bertz CT molecular complexity index is 1170. The summed E-state index contributed by atoms with van der Waals surface area (Å²) in [4.78, 5) is 19.7. The number of nitrogens with two attached hydrogens (primary N) is 1. The number of fused-ring (bicyclic) bond motifs is 1. The number of benzene rings is 2. The van der Waals surface area contributed by atoms with E-state index in [1.165, 1.54) is 6.20 Å². The van der Waals surface area contributed by atoms with Crippen LogP contribution in [0.25, 0.3) is 22.2 Å². The molecule has 4 rings (SSSR count). The summed E-state index contributed by atoms with van der Waals surface area (Å²) in [7, 11) is 0. The van der Waals surface area contributed by atoms with Crippen LogP contribution in [0.3, 0.4) is 0 Å². The van der Waals surface area contributed by atoms with Crippen LogP contribution in [0.5, 0.6) is 11.5 Å². The van der Waals surface area contributed by atoms with Gasteiger partial charge >= 0.3 is 0 Å². The summed E-state index contributed by atoms with van der Waals surface area (Å²) < 4.78 is 11.0. The maximum atomic E-state index is 11.4. The smallest absolute Gasteiger partial charge is 0.267 e. The molecule has 0 aliphatic carbocycles. The fourth-order valence-corrected chi connectivity index (χ4v) is 2.85. The fourth-order valence-electron chi connectivity index (χ4n) is 2.85. The summed E-state index contributed by atoms with van der Waals surface area (Å²) in [5.41, 5.74) is 7.03. The van der Waals surface area contributed by atoms with E-state index in [-0.39, 0.29) is 5.69 Å². The Kier molecular flexibility index (Phi) is 4.04. The van der Waals surface area contributed by atoms with Crippen molar-refractivity contribution in [1.29, 1.82) is 0 Å². The van der Waals surface area contributed by atoms with Gasteiger partial charge in [0.05, 0.1) is 0 Å². The summed E-state index contributed by atoms with van der Waals surface area (Å²) >= 11 is 0. The van der Waals surface area contributed by atoms with E-state index in [0.717, 1.165) is 16.3 Å². The maximum Gasteiger partial charge on any atom is 0.267 e. The molecule has 0 aliphatic heterocycles. The molecule has 1 amide bonds. The lowest BCUT2D eigenvalue weighted by Gasteiger charge is -2.11. The van der Waals surface area contributed by atoms with Crippen LogP contribution < -0.4 is 10.5 Å². The van der Waals surface area contributed by atoms with Gasteiger partial charge in [0.2, 0.25) is 11.7 Å². The number of amides is 1. The standard InChI is InChI=1S/C20H16N4O3/c1-11-17(7-8-22-18(11)19(21)25)26-16-6-5-13-9-15(4-3-14(13)10-16)20-23-12(2)27-24-20/h3-10H,1-2H3,(H2,21,25). The number of pyridine rings is 1. The van der Waals surface area contributed by atoms with Crippen molar-refractivity contribution < 1.29 is 14.1 Å². The lowest BCUT2D eigenvalue weighted by atomic mass is 10.1. The van der Waals surface area contributed by atoms with Gasteiger partial charge in [-0.25, -0.2) is 0 Å².